The van der Waals surface area contributed by atoms with E-state index in [4.69, 9.17) is 8.97 Å². The third kappa shape index (κ3) is 3.94. The number of thiophene rings is 1. The van der Waals surface area contributed by atoms with Gasteiger partial charge in [-0.2, -0.15) is 8.42 Å². The number of aliphatic hydroxyl groups is 1. The van der Waals surface area contributed by atoms with E-state index in [1.165, 1.54) is 17.4 Å². The molecule has 0 aliphatic heterocycles. The Hall–Kier alpha value is -1.49. The molecular formula is C14H9NNaO6S2+. The molecule has 0 unspecified atom stereocenters. The van der Waals surface area contributed by atoms with Gasteiger partial charge in [0.15, 0.2) is 11.3 Å². The Morgan fingerprint density at radius 3 is 2.67 bits per heavy atom. The Bertz CT molecular complexity index is 1070. The molecule has 24 heavy (non-hydrogen) atoms. The van der Waals surface area contributed by atoms with Gasteiger partial charge in [-0.15, -0.1) is 11.3 Å². The first-order valence-corrected chi connectivity index (χ1v) is 8.53. The Labute approximate surface area is 162 Å². The van der Waals surface area contributed by atoms with Gasteiger partial charge < -0.3 is 9.52 Å². The fourth-order valence-electron chi connectivity index (χ4n) is 1.88. The SMILES string of the molecule is O=c1oc2ccc(S(=O)(=O)O)cc2nc1/C=C(\O)c1cccs1.[Na+]. The van der Waals surface area contributed by atoms with Crippen molar-refractivity contribution >= 4 is 44.4 Å². The minimum atomic E-state index is -4.40. The smallest absolute Gasteiger partial charge is 0.506 e. The van der Waals surface area contributed by atoms with E-state index >= 15 is 0 Å². The fraction of sp³-hybridized carbons (Fsp3) is 0. The van der Waals surface area contributed by atoms with Crippen LogP contribution >= 0.6 is 11.3 Å². The summed E-state index contributed by atoms with van der Waals surface area (Å²) in [5.74, 6) is -0.162. The predicted molar refractivity (Wildman–Crippen MR) is 84.9 cm³/mol. The number of aliphatic hydroxyl groups excluding tert-OH is 1. The summed E-state index contributed by atoms with van der Waals surface area (Å²) in [4.78, 5) is 16.0. The van der Waals surface area contributed by atoms with Crippen LogP contribution < -0.4 is 35.2 Å². The van der Waals surface area contributed by atoms with Gasteiger partial charge in [-0.3, -0.25) is 4.55 Å². The first-order valence-electron chi connectivity index (χ1n) is 6.21. The van der Waals surface area contributed by atoms with Crippen molar-refractivity contribution < 1.29 is 52.1 Å². The average Bonchev–Trinajstić information content (AvgIpc) is 3.01. The fourth-order valence-corrected chi connectivity index (χ4v) is 3.02. The summed E-state index contributed by atoms with van der Waals surface area (Å²) in [5.41, 5.74) is -0.837. The molecule has 118 valence electrons. The van der Waals surface area contributed by atoms with Gasteiger partial charge in [0, 0.05) is 6.08 Å². The van der Waals surface area contributed by atoms with Crippen LogP contribution in [0.2, 0.25) is 0 Å². The van der Waals surface area contributed by atoms with Gasteiger partial charge in [0.1, 0.15) is 11.3 Å². The minimum Gasteiger partial charge on any atom is -0.506 e. The molecule has 0 fully saturated rings. The molecule has 2 N–H and O–H groups in total. The van der Waals surface area contributed by atoms with E-state index in [-0.39, 0.29) is 57.0 Å². The molecule has 0 radical (unpaired) electrons. The normalized spacial score (nSPS) is 12.1. The van der Waals surface area contributed by atoms with Crippen LogP contribution in [0.3, 0.4) is 0 Å². The minimum absolute atomic E-state index is 0. The summed E-state index contributed by atoms with van der Waals surface area (Å²) in [5, 5.41) is 11.7. The monoisotopic (exact) mass is 374 g/mol. The van der Waals surface area contributed by atoms with Gasteiger partial charge >= 0.3 is 35.2 Å². The van der Waals surface area contributed by atoms with Crippen LogP contribution in [0.15, 0.2) is 49.8 Å². The van der Waals surface area contributed by atoms with E-state index in [0.717, 1.165) is 18.2 Å². The van der Waals surface area contributed by atoms with Crippen LogP contribution in [0.4, 0.5) is 0 Å². The zero-order valence-electron chi connectivity index (χ0n) is 12.3. The van der Waals surface area contributed by atoms with E-state index in [2.05, 4.69) is 4.98 Å². The number of aromatic nitrogens is 1. The summed E-state index contributed by atoms with van der Waals surface area (Å²) in [7, 11) is -4.40. The molecule has 2 heterocycles. The van der Waals surface area contributed by atoms with Crippen molar-refractivity contribution in [2.75, 3.05) is 0 Å². The molecule has 10 heteroatoms. The molecular weight excluding hydrogens is 365 g/mol. The molecule has 0 bridgehead atoms. The third-order valence-corrected chi connectivity index (χ3v) is 4.67. The van der Waals surface area contributed by atoms with Gasteiger partial charge in [0.05, 0.1) is 9.77 Å². The predicted octanol–water partition coefficient (Wildman–Crippen LogP) is -0.444. The Morgan fingerprint density at radius 2 is 2.04 bits per heavy atom. The Morgan fingerprint density at radius 1 is 1.29 bits per heavy atom. The van der Waals surface area contributed by atoms with Crippen molar-refractivity contribution in [1.82, 2.24) is 4.98 Å². The van der Waals surface area contributed by atoms with E-state index < -0.39 is 15.7 Å². The second kappa shape index (κ2) is 7.18. The molecule has 1 aromatic carbocycles. The topological polar surface area (TPSA) is 118 Å². The first-order chi connectivity index (χ1) is 10.8. The molecule has 0 aliphatic carbocycles. The molecule has 0 saturated carbocycles. The molecule has 0 atom stereocenters. The van der Waals surface area contributed by atoms with E-state index in [0.29, 0.717) is 4.88 Å². The van der Waals surface area contributed by atoms with Gasteiger partial charge in [-0.05, 0) is 29.6 Å². The standard InChI is InChI=1S/C14H9NO6S2.Na/c16-11(13-2-1-5-22-13)7-10-14(17)21-12-4-3-8(23(18,19)20)6-9(12)15-10;/h1-7,16H,(H,18,19,20);/q;+1/b11-7-;. The van der Waals surface area contributed by atoms with Crippen molar-refractivity contribution in [2.24, 2.45) is 0 Å². The zero-order chi connectivity index (χ0) is 16.6. The van der Waals surface area contributed by atoms with Crippen LogP contribution in [-0.2, 0) is 10.1 Å². The number of hydrogen-bond donors (Lipinski definition) is 2. The Balaban J connectivity index is 0.00000208. The van der Waals surface area contributed by atoms with E-state index in [1.807, 2.05) is 0 Å². The average molecular weight is 374 g/mol. The van der Waals surface area contributed by atoms with Crippen molar-refractivity contribution in [2.45, 2.75) is 4.90 Å². The summed E-state index contributed by atoms with van der Waals surface area (Å²) < 4.78 is 36.4. The van der Waals surface area contributed by atoms with Gasteiger partial charge in [0.2, 0.25) is 0 Å². The maximum absolute atomic E-state index is 11.9. The zero-order valence-corrected chi connectivity index (χ0v) is 16.0. The summed E-state index contributed by atoms with van der Waals surface area (Å²) in [6.07, 6.45) is 1.14. The van der Waals surface area contributed by atoms with Crippen LogP contribution in [0.5, 0.6) is 0 Å². The summed E-state index contributed by atoms with van der Waals surface area (Å²) in [6, 6.07) is 6.79. The molecule has 7 nitrogen and oxygen atoms in total. The van der Waals surface area contributed by atoms with Gasteiger partial charge in [-0.1, -0.05) is 6.07 Å². The first kappa shape index (κ1) is 18.8. The second-order valence-electron chi connectivity index (χ2n) is 4.50. The van der Waals surface area contributed by atoms with Gasteiger partial charge in [-0.25, -0.2) is 9.78 Å². The molecule has 3 rings (SSSR count). The summed E-state index contributed by atoms with van der Waals surface area (Å²) in [6.45, 7) is 0. The quantitative estimate of drug-likeness (QED) is 0.362. The van der Waals surface area contributed by atoms with E-state index in [9.17, 15) is 18.3 Å². The van der Waals surface area contributed by atoms with Crippen LogP contribution in [0.25, 0.3) is 22.9 Å². The van der Waals surface area contributed by atoms with Crippen LogP contribution in [0, 0.1) is 0 Å². The van der Waals surface area contributed by atoms with Crippen molar-refractivity contribution in [3.63, 3.8) is 0 Å². The van der Waals surface area contributed by atoms with Crippen molar-refractivity contribution in [1.29, 1.82) is 0 Å². The number of rotatable bonds is 3. The molecule has 3 aromatic rings. The van der Waals surface area contributed by atoms with Crippen LogP contribution in [-0.4, -0.2) is 23.1 Å². The van der Waals surface area contributed by atoms with Crippen LogP contribution in [0.1, 0.15) is 10.6 Å². The second-order valence-corrected chi connectivity index (χ2v) is 6.87. The molecule has 0 spiro atoms. The van der Waals surface area contributed by atoms with Crippen molar-refractivity contribution in [3.8, 4) is 0 Å². The maximum atomic E-state index is 11.9. The molecule has 0 amide bonds. The Kier molecular flexibility index (Phi) is 5.63. The third-order valence-electron chi connectivity index (χ3n) is 2.93. The molecule has 0 aliphatic rings. The molecule has 2 aromatic heterocycles. The molecule has 0 saturated heterocycles. The van der Waals surface area contributed by atoms with E-state index in [1.54, 1.807) is 17.5 Å². The number of hydrogen-bond acceptors (Lipinski definition) is 7. The summed E-state index contributed by atoms with van der Waals surface area (Å²) >= 11 is 1.27. The number of nitrogens with zero attached hydrogens (tertiary/aromatic N) is 1. The largest absolute Gasteiger partial charge is 1.00 e. The maximum Gasteiger partial charge on any atom is 1.00 e. The van der Waals surface area contributed by atoms with Crippen molar-refractivity contribution in [3.05, 3.63) is 56.7 Å². The number of benzene rings is 1. The van der Waals surface area contributed by atoms with Gasteiger partial charge in [0.25, 0.3) is 10.1 Å². The number of fused-ring (bicyclic) bond motifs is 1.